The van der Waals surface area contributed by atoms with E-state index in [4.69, 9.17) is 15.0 Å². The number of unbranched alkanes of at least 4 members (excludes halogenated alkanes) is 1. The van der Waals surface area contributed by atoms with E-state index in [1.54, 1.807) is 4.90 Å². The van der Waals surface area contributed by atoms with Crippen molar-refractivity contribution in [2.24, 2.45) is 5.92 Å². The molecule has 1 aliphatic heterocycles. The van der Waals surface area contributed by atoms with Crippen LogP contribution in [-0.2, 0) is 14.4 Å². The number of amides is 2. The molecule has 10 heteroatoms. The summed E-state index contributed by atoms with van der Waals surface area (Å²) in [6.07, 6.45) is 1.61. The quantitative estimate of drug-likeness (QED) is 0.471. The van der Waals surface area contributed by atoms with Gasteiger partial charge in [0.25, 0.3) is 6.47 Å². The van der Waals surface area contributed by atoms with Gasteiger partial charge in [0.2, 0.25) is 16.9 Å². The van der Waals surface area contributed by atoms with Crippen LogP contribution in [-0.4, -0.2) is 58.4 Å². The van der Waals surface area contributed by atoms with E-state index in [1.165, 1.54) is 11.3 Å². The van der Waals surface area contributed by atoms with Crippen molar-refractivity contribution in [1.29, 1.82) is 0 Å². The molecule has 140 valence electrons. The fourth-order valence-electron chi connectivity index (χ4n) is 2.23. The van der Waals surface area contributed by atoms with Crippen molar-refractivity contribution >= 4 is 34.8 Å². The zero-order valence-corrected chi connectivity index (χ0v) is 15.2. The van der Waals surface area contributed by atoms with Crippen molar-refractivity contribution in [3.8, 4) is 0 Å². The average Bonchev–Trinajstić information content (AvgIpc) is 3.18. The van der Waals surface area contributed by atoms with Crippen LogP contribution < -0.4 is 10.2 Å². The van der Waals surface area contributed by atoms with Crippen LogP contribution >= 0.6 is 11.3 Å². The highest BCUT2D eigenvalue weighted by atomic mass is 32.1. The number of hydrogen-bond donors (Lipinski definition) is 3. The molecular weight excluding hydrogens is 348 g/mol. The number of nitrogens with one attached hydrogen (secondary N) is 1. The van der Waals surface area contributed by atoms with E-state index in [-0.39, 0.29) is 43.2 Å². The zero-order chi connectivity index (χ0) is 18.8. The minimum atomic E-state index is -0.340. The minimum Gasteiger partial charge on any atom is -0.483 e. The third-order valence-corrected chi connectivity index (χ3v) is 4.78. The largest absolute Gasteiger partial charge is 0.483 e. The smallest absolute Gasteiger partial charge is 0.290 e. The number of aliphatic hydroxyl groups excluding tert-OH is 1. The second kappa shape index (κ2) is 10.7. The Morgan fingerprint density at radius 2 is 2.12 bits per heavy atom. The number of carboxylic acid groups (broad SMARTS) is 1. The molecule has 1 unspecified atom stereocenters. The van der Waals surface area contributed by atoms with E-state index >= 15 is 0 Å². The second-order valence-corrected chi connectivity index (χ2v) is 6.80. The van der Waals surface area contributed by atoms with Crippen molar-refractivity contribution in [3.05, 3.63) is 5.01 Å². The van der Waals surface area contributed by atoms with Crippen molar-refractivity contribution in [3.63, 3.8) is 0 Å². The van der Waals surface area contributed by atoms with Gasteiger partial charge in [-0.15, -0.1) is 10.2 Å². The van der Waals surface area contributed by atoms with E-state index in [9.17, 15) is 9.59 Å². The molecule has 1 aliphatic rings. The summed E-state index contributed by atoms with van der Waals surface area (Å²) in [5.41, 5.74) is 0. The summed E-state index contributed by atoms with van der Waals surface area (Å²) in [7, 11) is 0. The molecule has 0 aliphatic carbocycles. The van der Waals surface area contributed by atoms with E-state index in [0.29, 0.717) is 24.6 Å². The maximum atomic E-state index is 12.1. The first-order valence-electron chi connectivity index (χ1n) is 8.04. The van der Waals surface area contributed by atoms with E-state index < -0.39 is 0 Å². The molecule has 25 heavy (non-hydrogen) atoms. The van der Waals surface area contributed by atoms with Gasteiger partial charge in [0.1, 0.15) is 5.01 Å². The van der Waals surface area contributed by atoms with Crippen LogP contribution in [0, 0.1) is 5.92 Å². The Kier molecular flexibility index (Phi) is 9.00. The number of aromatic nitrogens is 2. The van der Waals surface area contributed by atoms with Crippen LogP contribution in [0.25, 0.3) is 0 Å². The lowest BCUT2D eigenvalue weighted by Gasteiger charge is -2.12. The maximum Gasteiger partial charge on any atom is 0.290 e. The molecular formula is C15H24N4O5S. The van der Waals surface area contributed by atoms with Gasteiger partial charge in [0.15, 0.2) is 0 Å². The number of aliphatic hydroxyl groups is 1. The molecule has 1 aromatic rings. The standard InChI is InChI=1S/C14H22N4O3S.CH2O2/c1-9(2)13-16-17-14(22-13)18-8-10(7-11(18)20)12(21)15-5-3-4-6-19;2-1-3/h9-10,19H,3-8H2,1-2H3,(H,15,21);1H,(H,2,3). The predicted molar refractivity (Wildman–Crippen MR) is 92.5 cm³/mol. The van der Waals surface area contributed by atoms with Crippen molar-refractivity contribution in [2.75, 3.05) is 24.6 Å². The second-order valence-electron chi connectivity index (χ2n) is 5.81. The number of anilines is 1. The first-order chi connectivity index (χ1) is 11.9. The zero-order valence-electron chi connectivity index (χ0n) is 14.3. The molecule has 9 nitrogen and oxygen atoms in total. The van der Waals surface area contributed by atoms with E-state index in [0.717, 1.165) is 11.4 Å². The van der Waals surface area contributed by atoms with Gasteiger partial charge in [-0.05, 0) is 12.8 Å². The van der Waals surface area contributed by atoms with E-state index in [1.807, 2.05) is 13.8 Å². The van der Waals surface area contributed by atoms with Crippen LogP contribution in [0.5, 0.6) is 0 Å². The van der Waals surface area contributed by atoms with Gasteiger partial charge in [0.05, 0.1) is 5.92 Å². The number of nitrogens with zero attached hydrogens (tertiary/aromatic N) is 3. The van der Waals surface area contributed by atoms with Crippen molar-refractivity contribution in [1.82, 2.24) is 15.5 Å². The molecule has 0 radical (unpaired) electrons. The van der Waals surface area contributed by atoms with Crippen LogP contribution in [0.4, 0.5) is 5.13 Å². The van der Waals surface area contributed by atoms with Crippen LogP contribution in [0.15, 0.2) is 0 Å². The van der Waals surface area contributed by atoms with Crippen molar-refractivity contribution in [2.45, 2.75) is 39.0 Å². The lowest BCUT2D eigenvalue weighted by Crippen LogP contribution is -2.33. The highest BCUT2D eigenvalue weighted by Gasteiger charge is 2.36. The molecule has 0 bridgehead atoms. The lowest BCUT2D eigenvalue weighted by atomic mass is 10.1. The van der Waals surface area contributed by atoms with Gasteiger partial charge >= 0.3 is 0 Å². The molecule has 1 aromatic heterocycles. The van der Waals surface area contributed by atoms with Crippen LogP contribution in [0.3, 0.4) is 0 Å². The predicted octanol–water partition coefficient (Wildman–Crippen LogP) is 0.604. The molecule has 2 heterocycles. The molecule has 2 rings (SSSR count). The highest BCUT2D eigenvalue weighted by molar-refractivity contribution is 7.15. The average molecular weight is 372 g/mol. The summed E-state index contributed by atoms with van der Waals surface area (Å²) < 4.78 is 0. The lowest BCUT2D eigenvalue weighted by molar-refractivity contribution is -0.126. The summed E-state index contributed by atoms with van der Waals surface area (Å²) >= 11 is 1.40. The monoisotopic (exact) mass is 372 g/mol. The normalized spacial score (nSPS) is 16.6. The highest BCUT2D eigenvalue weighted by Crippen LogP contribution is 2.30. The molecule has 0 spiro atoms. The fraction of sp³-hybridized carbons (Fsp3) is 0.667. The third kappa shape index (κ3) is 6.39. The first-order valence-corrected chi connectivity index (χ1v) is 8.86. The molecule has 0 aromatic carbocycles. The Labute approximate surface area is 150 Å². The molecule has 1 fully saturated rings. The molecule has 0 saturated carbocycles. The summed E-state index contributed by atoms with van der Waals surface area (Å²) in [5.74, 6) is -0.257. The molecule has 2 amide bonds. The number of hydrogen-bond acceptors (Lipinski definition) is 7. The summed E-state index contributed by atoms with van der Waals surface area (Å²) in [6, 6.07) is 0. The van der Waals surface area contributed by atoms with Gasteiger partial charge in [-0.1, -0.05) is 25.2 Å². The third-order valence-electron chi connectivity index (χ3n) is 3.53. The SMILES string of the molecule is CC(C)c1nnc(N2CC(C(=O)NCCCCO)CC2=O)s1.O=CO. The van der Waals surface area contributed by atoms with Gasteiger partial charge in [-0.3, -0.25) is 19.3 Å². The van der Waals surface area contributed by atoms with Crippen molar-refractivity contribution < 1.29 is 24.6 Å². The summed E-state index contributed by atoms with van der Waals surface area (Å²) in [4.78, 5) is 34.1. The number of carbonyl (C=O) groups is 3. The Morgan fingerprint density at radius 3 is 2.68 bits per heavy atom. The minimum absolute atomic E-state index is 0.0815. The van der Waals surface area contributed by atoms with Gasteiger partial charge in [-0.25, -0.2) is 0 Å². The fourth-order valence-corrected chi connectivity index (χ4v) is 3.10. The first kappa shape index (κ1) is 21.0. The molecule has 1 atom stereocenters. The van der Waals surface area contributed by atoms with Gasteiger partial charge < -0.3 is 15.5 Å². The Hall–Kier alpha value is -2.07. The van der Waals surface area contributed by atoms with Crippen LogP contribution in [0.1, 0.15) is 44.0 Å². The summed E-state index contributed by atoms with van der Waals surface area (Å²) in [5, 5.41) is 28.0. The van der Waals surface area contributed by atoms with Crippen LogP contribution in [0.2, 0.25) is 0 Å². The Balaban J connectivity index is 0.000000970. The molecule has 1 saturated heterocycles. The maximum absolute atomic E-state index is 12.1. The Bertz CT molecular complexity index is 578. The summed E-state index contributed by atoms with van der Waals surface area (Å²) in [6.45, 7) is 4.82. The molecule has 3 N–H and O–H groups in total. The number of rotatable bonds is 7. The Morgan fingerprint density at radius 1 is 1.44 bits per heavy atom. The van der Waals surface area contributed by atoms with E-state index in [2.05, 4.69) is 15.5 Å². The van der Waals surface area contributed by atoms with Gasteiger partial charge in [-0.2, -0.15) is 0 Å². The number of carbonyl (C=O) groups excluding carboxylic acids is 2. The van der Waals surface area contributed by atoms with Gasteiger partial charge in [0, 0.05) is 32.0 Å². The topological polar surface area (TPSA) is 133 Å².